The van der Waals surface area contributed by atoms with Gasteiger partial charge in [-0.1, -0.05) is 114 Å². The molecule has 78 heavy (non-hydrogen) atoms. The van der Waals surface area contributed by atoms with Gasteiger partial charge < -0.3 is 63.0 Å². The van der Waals surface area contributed by atoms with E-state index in [4.69, 9.17) is 39.9 Å². The minimum Gasteiger partial charge on any atom is -0.433 e. The van der Waals surface area contributed by atoms with E-state index in [0.717, 1.165) is 137 Å². The molecule has 0 amide bonds. The molecule has 0 bridgehead atoms. The molecule has 0 saturated carbocycles. The molecule has 0 aliphatic carbocycles. The van der Waals surface area contributed by atoms with Crippen molar-refractivity contribution < 1.29 is 18.6 Å². The molecule has 0 saturated heterocycles. The molecular weight excluding hydrogens is 1190 g/mol. The Balaban J connectivity index is 0.000000158. The lowest BCUT2D eigenvalue weighted by Crippen LogP contribution is -2.33. The number of aliphatic hydroxyl groups is 1. The summed E-state index contributed by atoms with van der Waals surface area (Å²) in [6.07, 6.45) is 0. The Bertz CT molecular complexity index is 2810. The first-order valence-corrected chi connectivity index (χ1v) is 28.0. The predicted octanol–water partition coefficient (Wildman–Crippen LogP) is 7.87. The SMILES string of the molecule is Cc1c(CO)cccc1CNC1=NCCN1.Cc1ccccc1CNC1=NCCN1.Clc1c(Br)cccc1CNC1=NCCN1.Clc1cccc(CNC2=NCCN2)c1Br.FC(F)Oc1c(Cl)cccc1CNC1=NCCN1. The first-order valence-electron chi connectivity index (χ1n) is 25.3. The number of hydrogen-bond donors (Lipinski definition) is 11. The number of ether oxygens (including phenoxy) is 1. The fourth-order valence-corrected chi connectivity index (χ4v) is 9.11. The van der Waals surface area contributed by atoms with Gasteiger partial charge in [-0.2, -0.15) is 8.78 Å². The van der Waals surface area contributed by atoms with Gasteiger partial charge in [0.15, 0.2) is 29.8 Å². The fraction of sp³-hybridized carbons (Fsp3) is 0.352. The number of benzene rings is 5. The van der Waals surface area contributed by atoms with Crippen LogP contribution in [0.3, 0.4) is 0 Å². The van der Waals surface area contributed by atoms with Crippen LogP contribution in [0.1, 0.15) is 44.5 Å². The lowest BCUT2D eigenvalue weighted by Gasteiger charge is -2.13. The second kappa shape index (κ2) is 33.4. The van der Waals surface area contributed by atoms with Gasteiger partial charge in [0, 0.05) is 80.0 Å². The Kier molecular flexibility index (Phi) is 26.1. The van der Waals surface area contributed by atoms with E-state index in [1.165, 1.54) is 22.8 Å². The van der Waals surface area contributed by atoms with Gasteiger partial charge in [-0.25, -0.2) is 0 Å². The van der Waals surface area contributed by atoms with Crippen LogP contribution in [-0.2, 0) is 39.3 Å². The molecular formula is C54H66Br2Cl3F2N15O2. The van der Waals surface area contributed by atoms with Gasteiger partial charge in [-0.15, -0.1) is 0 Å². The van der Waals surface area contributed by atoms with Crippen LogP contribution in [0.15, 0.2) is 131 Å². The molecule has 5 aromatic carbocycles. The van der Waals surface area contributed by atoms with Crippen molar-refractivity contribution in [1.82, 2.24) is 53.2 Å². The zero-order valence-electron chi connectivity index (χ0n) is 43.4. The Hall–Kier alpha value is -6.10. The molecule has 0 unspecified atom stereocenters. The van der Waals surface area contributed by atoms with Gasteiger partial charge in [0.25, 0.3) is 0 Å². The molecule has 418 valence electrons. The smallest absolute Gasteiger partial charge is 0.387 e. The maximum Gasteiger partial charge on any atom is 0.387 e. The van der Waals surface area contributed by atoms with E-state index in [0.29, 0.717) is 37.7 Å². The van der Waals surface area contributed by atoms with Crippen LogP contribution in [0.4, 0.5) is 8.78 Å². The maximum atomic E-state index is 12.3. The van der Waals surface area contributed by atoms with Gasteiger partial charge in [0.2, 0.25) is 0 Å². The molecule has 0 spiro atoms. The van der Waals surface area contributed by atoms with E-state index in [1.54, 1.807) is 12.1 Å². The fourth-order valence-electron chi connectivity index (χ4n) is 7.67. The Labute approximate surface area is 486 Å². The van der Waals surface area contributed by atoms with Crippen molar-refractivity contribution in [1.29, 1.82) is 0 Å². The van der Waals surface area contributed by atoms with Crippen molar-refractivity contribution in [2.24, 2.45) is 25.0 Å². The van der Waals surface area contributed by atoms with Gasteiger partial charge in [-0.3, -0.25) is 25.0 Å². The highest BCUT2D eigenvalue weighted by Gasteiger charge is 2.15. The molecule has 0 aromatic heterocycles. The third-order valence-electron chi connectivity index (χ3n) is 11.9. The van der Waals surface area contributed by atoms with Gasteiger partial charge >= 0.3 is 6.61 Å². The van der Waals surface area contributed by atoms with Crippen molar-refractivity contribution in [3.8, 4) is 5.75 Å². The number of guanidine groups is 5. The third-order valence-corrected chi connectivity index (χ3v) is 15.0. The number of aliphatic imine (C=N–C) groups is 5. The Morgan fingerprint density at radius 3 is 1.37 bits per heavy atom. The van der Waals surface area contributed by atoms with Gasteiger partial charge in [0.05, 0.1) is 54.4 Å². The number of hydrogen-bond acceptors (Lipinski definition) is 17. The summed E-state index contributed by atoms with van der Waals surface area (Å²) in [5.74, 6) is 4.16. The molecule has 10 rings (SSSR count). The average Bonchev–Trinajstić information content (AvgIpc) is 4.32. The Morgan fingerprint density at radius 2 is 0.885 bits per heavy atom. The normalized spacial score (nSPS) is 14.6. The van der Waals surface area contributed by atoms with Crippen molar-refractivity contribution in [3.05, 3.63) is 166 Å². The van der Waals surface area contributed by atoms with E-state index >= 15 is 0 Å². The monoisotopic (exact) mass is 1260 g/mol. The molecule has 17 nitrogen and oxygen atoms in total. The molecule has 0 radical (unpaired) electrons. The summed E-state index contributed by atoms with van der Waals surface area (Å²) in [4.78, 5) is 21.2. The van der Waals surface area contributed by atoms with Crippen LogP contribution in [0.5, 0.6) is 5.75 Å². The number of alkyl halides is 2. The zero-order chi connectivity index (χ0) is 55.5. The molecule has 5 aliphatic rings. The lowest BCUT2D eigenvalue weighted by molar-refractivity contribution is -0.0504. The van der Waals surface area contributed by atoms with Crippen molar-refractivity contribution in [2.75, 3.05) is 65.4 Å². The largest absolute Gasteiger partial charge is 0.433 e. The molecule has 11 N–H and O–H groups in total. The molecule has 0 fully saturated rings. The first kappa shape index (κ1) is 61.1. The highest BCUT2D eigenvalue weighted by Crippen LogP contribution is 2.30. The summed E-state index contributed by atoms with van der Waals surface area (Å²) in [5, 5.41) is 42.4. The van der Waals surface area contributed by atoms with E-state index in [-0.39, 0.29) is 17.4 Å². The van der Waals surface area contributed by atoms with Crippen molar-refractivity contribution in [3.63, 3.8) is 0 Å². The van der Waals surface area contributed by atoms with Crippen LogP contribution in [0.2, 0.25) is 15.1 Å². The third kappa shape index (κ3) is 20.6. The maximum absolute atomic E-state index is 12.3. The Morgan fingerprint density at radius 1 is 0.500 bits per heavy atom. The molecule has 5 aliphatic heterocycles. The standard InChI is InChI=1S/C12H17N3O.C11H12ClF2N3O.C11H15N3.2C10H11BrClN3/c1-9-10(3-2-4-11(9)8-16)7-15-12-13-5-6-14-12;12-8-3-1-2-7(9(8)18-10(13)14)6-17-11-15-4-5-16-11;1-9-4-2-3-5-10(9)8-14-11-12-6-7-13-11;11-9-7(2-1-3-8(9)12)6-15-10-13-4-5-14-10;11-8-3-1-2-7(9(8)12)6-15-10-13-4-5-14-10/h2-4,16H,5-8H2,1H3,(H2,13,14,15);1-3,10H,4-6H2,(H2,15,16,17);2-5H,6-8H2,1H3,(H2,12,13,14);2*1-3H,4-6H2,(H2,13,14,15). The molecule has 5 heterocycles. The van der Waals surface area contributed by atoms with E-state index in [9.17, 15) is 8.78 Å². The minimum atomic E-state index is -2.90. The summed E-state index contributed by atoms with van der Waals surface area (Å²) in [5.41, 5.74) is 8.71. The summed E-state index contributed by atoms with van der Waals surface area (Å²) >= 11 is 24.8. The lowest BCUT2D eigenvalue weighted by atomic mass is 10.0. The minimum absolute atomic E-state index is 0.000244. The second-order valence-electron chi connectivity index (χ2n) is 17.4. The van der Waals surface area contributed by atoms with Crippen LogP contribution in [0, 0.1) is 13.8 Å². The van der Waals surface area contributed by atoms with E-state index in [1.807, 2.05) is 55.5 Å². The number of aliphatic hydroxyl groups excluding tert-OH is 1. The van der Waals surface area contributed by atoms with Crippen molar-refractivity contribution >= 4 is 96.5 Å². The number of nitrogens with zero attached hydrogens (tertiary/aromatic N) is 5. The zero-order valence-corrected chi connectivity index (χ0v) is 48.8. The van der Waals surface area contributed by atoms with Gasteiger partial charge in [-0.05, 0) is 103 Å². The van der Waals surface area contributed by atoms with Crippen molar-refractivity contribution in [2.45, 2.75) is 59.8 Å². The van der Waals surface area contributed by atoms with Crippen LogP contribution in [-0.4, -0.2) is 107 Å². The first-order chi connectivity index (χ1) is 37.9. The summed E-state index contributed by atoms with van der Waals surface area (Å²) in [6, 6.07) is 31.0. The second-order valence-corrected chi connectivity index (χ2v) is 20.2. The number of halogens is 7. The van der Waals surface area contributed by atoms with Crippen LogP contribution in [0.25, 0.3) is 0 Å². The quantitative estimate of drug-likeness (QED) is 0.0544. The van der Waals surface area contributed by atoms with Crippen LogP contribution < -0.4 is 57.9 Å². The number of aryl methyl sites for hydroxylation is 1. The number of para-hydroxylation sites is 1. The predicted molar refractivity (Wildman–Crippen MR) is 320 cm³/mol. The summed E-state index contributed by atoms with van der Waals surface area (Å²) < 4.78 is 30.9. The van der Waals surface area contributed by atoms with Gasteiger partial charge in [0.1, 0.15) is 5.75 Å². The summed E-state index contributed by atoms with van der Waals surface area (Å²) in [6.45, 7) is 13.3. The molecule has 0 atom stereocenters. The van der Waals surface area contributed by atoms with Crippen LogP contribution >= 0.6 is 66.7 Å². The number of nitrogens with one attached hydrogen (secondary N) is 10. The average molecular weight is 1260 g/mol. The van der Waals surface area contributed by atoms with E-state index < -0.39 is 6.61 Å². The molecule has 5 aromatic rings. The summed E-state index contributed by atoms with van der Waals surface area (Å²) in [7, 11) is 0. The topological polar surface area (TPSA) is 212 Å². The highest BCUT2D eigenvalue weighted by atomic mass is 79.9. The number of rotatable bonds is 13. The molecule has 24 heteroatoms. The highest BCUT2D eigenvalue weighted by molar-refractivity contribution is 9.11. The van der Waals surface area contributed by atoms with E-state index in [2.05, 4.69) is 152 Å².